The SMILES string of the molecule is Cc1nn(C(=O)NNC(=S)N[C@@H](Cc2ccccc2)CN2C(=O)c3ccccc3C2=O)c2cc[c]cc12. The van der Waals surface area contributed by atoms with Crippen LogP contribution in [0.15, 0.2) is 72.8 Å². The van der Waals surface area contributed by atoms with Gasteiger partial charge in [0.1, 0.15) is 0 Å². The smallest absolute Gasteiger partial charge is 0.356 e. The molecule has 4 aromatic rings. The van der Waals surface area contributed by atoms with Crippen LogP contribution in [0, 0.1) is 13.0 Å². The van der Waals surface area contributed by atoms with Gasteiger partial charge in [-0.25, -0.2) is 10.2 Å². The van der Waals surface area contributed by atoms with Crippen molar-refractivity contribution in [3.8, 4) is 0 Å². The van der Waals surface area contributed by atoms with E-state index in [1.54, 1.807) is 42.5 Å². The maximum Gasteiger partial charge on any atom is 0.361 e. The van der Waals surface area contributed by atoms with Crippen molar-refractivity contribution in [2.45, 2.75) is 19.4 Å². The number of carbonyl (C=O) groups excluding carboxylic acids is 3. The molecule has 0 bridgehead atoms. The van der Waals surface area contributed by atoms with Crippen LogP contribution in [0.1, 0.15) is 32.0 Å². The van der Waals surface area contributed by atoms with Gasteiger partial charge in [0, 0.05) is 11.9 Å². The van der Waals surface area contributed by atoms with E-state index < -0.39 is 12.1 Å². The quantitative estimate of drug-likeness (QED) is 0.215. The van der Waals surface area contributed by atoms with Crippen LogP contribution in [0.5, 0.6) is 0 Å². The summed E-state index contributed by atoms with van der Waals surface area (Å²) >= 11 is 5.43. The number of benzene rings is 3. The Kier molecular flexibility index (Phi) is 6.65. The van der Waals surface area contributed by atoms with Crippen LogP contribution >= 0.6 is 12.2 Å². The molecule has 185 valence electrons. The number of thiocarbonyl (C=S) groups is 1. The lowest BCUT2D eigenvalue weighted by Gasteiger charge is -2.25. The lowest BCUT2D eigenvalue weighted by atomic mass is 10.1. The van der Waals surface area contributed by atoms with Crippen LogP contribution in [-0.4, -0.2) is 50.2 Å². The molecule has 2 heterocycles. The second-order valence-electron chi connectivity index (χ2n) is 8.62. The summed E-state index contributed by atoms with van der Waals surface area (Å²) in [6.07, 6.45) is 0.490. The third-order valence-corrected chi connectivity index (χ3v) is 6.35. The zero-order valence-electron chi connectivity index (χ0n) is 19.9. The van der Waals surface area contributed by atoms with E-state index in [-0.39, 0.29) is 23.5 Å². The van der Waals surface area contributed by atoms with Crippen molar-refractivity contribution >= 4 is 46.1 Å². The third-order valence-electron chi connectivity index (χ3n) is 6.13. The maximum atomic E-state index is 12.9. The van der Waals surface area contributed by atoms with Gasteiger partial charge in [-0.15, -0.1) is 0 Å². The molecule has 1 aromatic heterocycles. The van der Waals surface area contributed by atoms with Crippen LogP contribution in [0.2, 0.25) is 0 Å². The van der Waals surface area contributed by atoms with Gasteiger partial charge in [0.25, 0.3) is 11.8 Å². The Morgan fingerprint density at radius 1 is 1.00 bits per heavy atom. The number of aromatic nitrogens is 2. The third kappa shape index (κ3) is 4.91. The lowest BCUT2D eigenvalue weighted by Crippen LogP contribution is -2.54. The summed E-state index contributed by atoms with van der Waals surface area (Å²) in [6.45, 7) is 1.91. The van der Waals surface area contributed by atoms with Gasteiger partial charge in [-0.3, -0.25) is 19.9 Å². The van der Waals surface area contributed by atoms with Crippen LogP contribution in [0.25, 0.3) is 10.9 Å². The number of rotatable bonds is 5. The van der Waals surface area contributed by atoms with Crippen molar-refractivity contribution in [1.29, 1.82) is 0 Å². The van der Waals surface area contributed by atoms with Crippen molar-refractivity contribution in [1.82, 2.24) is 30.8 Å². The maximum absolute atomic E-state index is 12.9. The summed E-state index contributed by atoms with van der Waals surface area (Å²) in [7, 11) is 0. The van der Waals surface area contributed by atoms with Crippen molar-refractivity contribution in [2.24, 2.45) is 0 Å². The van der Waals surface area contributed by atoms with Crippen molar-refractivity contribution in [2.75, 3.05) is 6.54 Å². The number of imide groups is 1. The largest absolute Gasteiger partial charge is 0.361 e. The molecule has 1 aliphatic rings. The number of nitrogens with zero attached hydrogens (tertiary/aromatic N) is 3. The first-order valence-electron chi connectivity index (χ1n) is 11.6. The Bertz CT molecular complexity index is 1480. The fraction of sp³-hybridized carbons (Fsp3) is 0.148. The predicted octanol–water partition coefficient (Wildman–Crippen LogP) is 2.99. The van der Waals surface area contributed by atoms with Crippen LogP contribution < -0.4 is 16.2 Å². The molecule has 0 saturated heterocycles. The van der Waals surface area contributed by atoms with Gasteiger partial charge in [-0.2, -0.15) is 9.78 Å². The highest BCUT2D eigenvalue weighted by Gasteiger charge is 2.36. The second kappa shape index (κ2) is 10.2. The van der Waals surface area contributed by atoms with Gasteiger partial charge in [0.15, 0.2) is 5.11 Å². The van der Waals surface area contributed by atoms with Crippen molar-refractivity contribution in [3.05, 3.63) is 101 Å². The minimum absolute atomic E-state index is 0.0937. The molecule has 3 amide bonds. The molecule has 0 unspecified atom stereocenters. The normalized spacial score (nSPS) is 13.4. The fourth-order valence-corrected chi connectivity index (χ4v) is 4.60. The van der Waals surface area contributed by atoms with Crippen molar-refractivity contribution in [3.63, 3.8) is 0 Å². The molecular formula is C27H23N6O3S. The molecule has 1 radical (unpaired) electrons. The van der Waals surface area contributed by atoms with Gasteiger partial charge in [-0.05, 0) is 61.5 Å². The molecule has 0 aliphatic carbocycles. The molecule has 3 N–H and O–H groups in total. The van der Waals surface area contributed by atoms with E-state index in [0.29, 0.717) is 28.8 Å². The average Bonchev–Trinajstić information content (AvgIpc) is 3.37. The first-order valence-corrected chi connectivity index (χ1v) is 12.0. The first kappa shape index (κ1) is 24.1. The summed E-state index contributed by atoms with van der Waals surface area (Å²) in [5.41, 5.74) is 8.36. The number of hydrogen-bond donors (Lipinski definition) is 3. The number of hydrogen-bond acceptors (Lipinski definition) is 5. The number of amides is 3. The Morgan fingerprint density at radius 2 is 1.68 bits per heavy atom. The highest BCUT2D eigenvalue weighted by Crippen LogP contribution is 2.23. The zero-order valence-corrected chi connectivity index (χ0v) is 20.7. The summed E-state index contributed by atoms with van der Waals surface area (Å²) in [6, 6.07) is 23.7. The average molecular weight is 512 g/mol. The van der Waals surface area contributed by atoms with Crippen LogP contribution in [0.3, 0.4) is 0 Å². The summed E-state index contributed by atoms with van der Waals surface area (Å²) < 4.78 is 1.24. The lowest BCUT2D eigenvalue weighted by molar-refractivity contribution is 0.0641. The van der Waals surface area contributed by atoms with E-state index in [9.17, 15) is 14.4 Å². The van der Waals surface area contributed by atoms with E-state index in [4.69, 9.17) is 12.2 Å². The molecule has 5 rings (SSSR count). The first-order chi connectivity index (χ1) is 17.9. The molecule has 0 fully saturated rings. The number of aryl methyl sites for hydroxylation is 1. The Balaban J connectivity index is 1.28. The van der Waals surface area contributed by atoms with Gasteiger partial charge >= 0.3 is 6.03 Å². The van der Waals surface area contributed by atoms with E-state index in [0.717, 1.165) is 10.9 Å². The van der Waals surface area contributed by atoms with Gasteiger partial charge in [0.2, 0.25) is 0 Å². The molecule has 9 nitrogen and oxygen atoms in total. The number of nitrogens with one attached hydrogen (secondary N) is 3. The molecule has 37 heavy (non-hydrogen) atoms. The zero-order chi connectivity index (χ0) is 25.9. The van der Waals surface area contributed by atoms with E-state index >= 15 is 0 Å². The number of carbonyl (C=O) groups is 3. The van der Waals surface area contributed by atoms with Crippen molar-refractivity contribution < 1.29 is 14.4 Å². The minimum Gasteiger partial charge on any atom is -0.356 e. The van der Waals surface area contributed by atoms with Crippen LogP contribution in [0.4, 0.5) is 4.79 Å². The van der Waals surface area contributed by atoms with Gasteiger partial charge < -0.3 is 5.32 Å². The number of fused-ring (bicyclic) bond motifs is 2. The van der Waals surface area contributed by atoms with Gasteiger partial charge in [-0.1, -0.05) is 48.5 Å². The summed E-state index contributed by atoms with van der Waals surface area (Å²) in [5.74, 6) is -0.684. The Morgan fingerprint density at radius 3 is 2.38 bits per heavy atom. The molecule has 1 atom stereocenters. The number of hydrazine groups is 1. The highest BCUT2D eigenvalue weighted by atomic mass is 32.1. The molecular weight excluding hydrogens is 488 g/mol. The highest BCUT2D eigenvalue weighted by molar-refractivity contribution is 7.80. The molecule has 1 aliphatic heterocycles. The van der Waals surface area contributed by atoms with E-state index in [2.05, 4.69) is 27.3 Å². The van der Waals surface area contributed by atoms with E-state index in [1.807, 2.05) is 37.3 Å². The second-order valence-corrected chi connectivity index (χ2v) is 9.03. The summed E-state index contributed by atoms with van der Waals surface area (Å²) in [4.78, 5) is 39.8. The molecule has 0 saturated carbocycles. The minimum atomic E-state index is -0.520. The fourth-order valence-electron chi connectivity index (χ4n) is 4.38. The van der Waals surface area contributed by atoms with Crippen LogP contribution in [-0.2, 0) is 6.42 Å². The predicted molar refractivity (Wildman–Crippen MR) is 142 cm³/mol. The topological polar surface area (TPSA) is 108 Å². The van der Waals surface area contributed by atoms with E-state index in [1.165, 1.54) is 9.58 Å². The Labute approximate surface area is 218 Å². The molecule has 10 heteroatoms. The summed E-state index contributed by atoms with van der Waals surface area (Å²) in [5, 5.41) is 8.38. The molecule has 0 spiro atoms. The molecule has 3 aromatic carbocycles. The monoisotopic (exact) mass is 511 g/mol. The van der Waals surface area contributed by atoms with Gasteiger partial charge in [0.05, 0.1) is 28.4 Å². The Hall–Kier alpha value is -4.57. The standard InChI is InChI=1S/C27H23N6O3S/c1-17-20-11-7-8-14-23(20)33(31-17)27(36)30-29-26(37)28-19(15-18-9-3-2-4-10-18)16-32-24(34)21-12-5-6-13-22(21)25(32)35/h2-6,8-14,19H,15-16H2,1H3,(H,30,36)(H2,28,29,37)/t19-/m0/s1.